The number of nitrogens with one attached hydrogen (secondary N) is 1. The molecule has 0 aliphatic rings. The van der Waals surface area contributed by atoms with Gasteiger partial charge in [0.05, 0.1) is 12.1 Å². The van der Waals surface area contributed by atoms with Crippen LogP contribution < -0.4 is 5.32 Å². The number of carboxylic acids is 1. The number of carboxylic acid groups (broad SMARTS) is 1. The Hall–Kier alpha value is -3.38. The van der Waals surface area contributed by atoms with Crippen molar-refractivity contribution in [3.8, 4) is 11.1 Å². The predicted molar refractivity (Wildman–Crippen MR) is 121 cm³/mol. The lowest BCUT2D eigenvalue weighted by atomic mass is 9.95. The van der Waals surface area contributed by atoms with E-state index < -0.39 is 23.8 Å². The van der Waals surface area contributed by atoms with E-state index in [1.54, 1.807) is 13.0 Å². The van der Waals surface area contributed by atoms with E-state index in [4.69, 9.17) is 5.11 Å². The SMILES string of the molecule is Cc1c(C=Cc2cc(C(C)NCC(=O)O)ccc2C(F)(F)F)cccc1-c1ccccc1. The van der Waals surface area contributed by atoms with Crippen LogP contribution in [0.1, 0.15) is 40.8 Å². The number of rotatable bonds is 7. The Balaban J connectivity index is 1.98. The number of hydrogen-bond acceptors (Lipinski definition) is 2. The highest BCUT2D eigenvalue weighted by molar-refractivity contribution is 5.78. The van der Waals surface area contributed by atoms with E-state index in [0.717, 1.165) is 28.3 Å². The number of alkyl halides is 3. The molecule has 0 bridgehead atoms. The Morgan fingerprint density at radius 2 is 1.69 bits per heavy atom. The summed E-state index contributed by atoms with van der Waals surface area (Å²) in [7, 11) is 0. The summed E-state index contributed by atoms with van der Waals surface area (Å²) < 4.78 is 40.8. The highest BCUT2D eigenvalue weighted by Gasteiger charge is 2.33. The van der Waals surface area contributed by atoms with Gasteiger partial charge in [-0.05, 0) is 59.4 Å². The van der Waals surface area contributed by atoms with Crippen LogP contribution in [-0.2, 0) is 11.0 Å². The van der Waals surface area contributed by atoms with Crippen LogP contribution in [0.2, 0.25) is 0 Å². The fourth-order valence-corrected chi connectivity index (χ4v) is 3.55. The molecule has 0 saturated heterocycles. The van der Waals surface area contributed by atoms with Crippen molar-refractivity contribution in [2.24, 2.45) is 0 Å². The third-order valence-corrected chi connectivity index (χ3v) is 5.34. The van der Waals surface area contributed by atoms with E-state index in [0.29, 0.717) is 5.56 Å². The maximum absolute atomic E-state index is 13.6. The molecule has 1 atom stereocenters. The Morgan fingerprint density at radius 1 is 1.00 bits per heavy atom. The second-order valence-electron chi connectivity index (χ2n) is 7.56. The van der Waals surface area contributed by atoms with Gasteiger partial charge in [0.15, 0.2) is 0 Å². The molecule has 0 aromatic heterocycles. The molecule has 2 N–H and O–H groups in total. The monoisotopic (exact) mass is 439 g/mol. The highest BCUT2D eigenvalue weighted by Crippen LogP contribution is 2.35. The third kappa shape index (κ3) is 5.65. The predicted octanol–water partition coefficient (Wildman–Crippen LogP) is 6.59. The molecule has 166 valence electrons. The topological polar surface area (TPSA) is 49.3 Å². The minimum atomic E-state index is -4.50. The fourth-order valence-electron chi connectivity index (χ4n) is 3.55. The molecule has 0 spiro atoms. The molecule has 3 aromatic carbocycles. The lowest BCUT2D eigenvalue weighted by Gasteiger charge is -2.17. The van der Waals surface area contributed by atoms with Crippen LogP contribution in [0.3, 0.4) is 0 Å². The van der Waals surface area contributed by atoms with Gasteiger partial charge in [0.2, 0.25) is 0 Å². The van der Waals surface area contributed by atoms with E-state index >= 15 is 0 Å². The van der Waals surface area contributed by atoms with Crippen LogP contribution in [0.5, 0.6) is 0 Å². The summed E-state index contributed by atoms with van der Waals surface area (Å²) in [5, 5.41) is 11.6. The normalized spacial score (nSPS) is 12.8. The van der Waals surface area contributed by atoms with Crippen LogP contribution >= 0.6 is 0 Å². The minimum Gasteiger partial charge on any atom is -0.480 e. The van der Waals surface area contributed by atoms with Gasteiger partial charge in [-0.25, -0.2) is 0 Å². The Morgan fingerprint density at radius 3 is 2.34 bits per heavy atom. The zero-order valence-electron chi connectivity index (χ0n) is 17.8. The van der Waals surface area contributed by atoms with E-state index in [-0.39, 0.29) is 12.1 Å². The van der Waals surface area contributed by atoms with Crippen LogP contribution in [0.25, 0.3) is 23.3 Å². The van der Waals surface area contributed by atoms with Crippen molar-refractivity contribution in [3.63, 3.8) is 0 Å². The van der Waals surface area contributed by atoms with E-state index in [2.05, 4.69) is 5.32 Å². The van der Waals surface area contributed by atoms with Gasteiger partial charge in [0.1, 0.15) is 0 Å². The van der Waals surface area contributed by atoms with Gasteiger partial charge in [0, 0.05) is 6.04 Å². The summed E-state index contributed by atoms with van der Waals surface area (Å²) in [4.78, 5) is 10.8. The van der Waals surface area contributed by atoms with Crippen LogP contribution in [-0.4, -0.2) is 17.6 Å². The molecule has 3 aromatic rings. The average molecular weight is 439 g/mol. The van der Waals surface area contributed by atoms with E-state index in [1.165, 1.54) is 18.2 Å². The van der Waals surface area contributed by atoms with Crippen molar-refractivity contribution in [3.05, 3.63) is 94.5 Å². The first-order valence-corrected chi connectivity index (χ1v) is 10.2. The molecule has 0 fully saturated rings. The number of halogens is 3. The molecule has 0 heterocycles. The molecule has 3 nitrogen and oxygen atoms in total. The minimum absolute atomic E-state index is 0.0310. The molecule has 0 amide bonds. The number of hydrogen-bond donors (Lipinski definition) is 2. The average Bonchev–Trinajstić information content (AvgIpc) is 2.76. The largest absolute Gasteiger partial charge is 0.480 e. The molecule has 32 heavy (non-hydrogen) atoms. The first kappa shape index (κ1) is 23.3. The summed E-state index contributed by atoms with van der Waals surface area (Å²) in [5.74, 6) is -1.03. The molecule has 0 saturated carbocycles. The summed E-state index contributed by atoms with van der Waals surface area (Å²) >= 11 is 0. The number of carbonyl (C=O) groups is 1. The maximum Gasteiger partial charge on any atom is 0.416 e. The lowest BCUT2D eigenvalue weighted by Crippen LogP contribution is -2.25. The second kappa shape index (κ2) is 9.83. The highest BCUT2D eigenvalue weighted by atomic mass is 19.4. The van der Waals surface area contributed by atoms with E-state index in [9.17, 15) is 18.0 Å². The van der Waals surface area contributed by atoms with Gasteiger partial charge in [-0.2, -0.15) is 13.2 Å². The van der Waals surface area contributed by atoms with Gasteiger partial charge in [-0.1, -0.05) is 66.7 Å². The first-order valence-electron chi connectivity index (χ1n) is 10.2. The van der Waals surface area contributed by atoms with Crippen molar-refractivity contribution in [1.29, 1.82) is 0 Å². The van der Waals surface area contributed by atoms with Crippen molar-refractivity contribution in [2.45, 2.75) is 26.1 Å². The molecular formula is C26H24F3NO2. The zero-order valence-corrected chi connectivity index (χ0v) is 17.8. The van der Waals surface area contributed by atoms with Crippen LogP contribution in [0.15, 0.2) is 66.7 Å². The van der Waals surface area contributed by atoms with E-state index in [1.807, 2.05) is 55.5 Å². The second-order valence-corrected chi connectivity index (χ2v) is 7.56. The molecular weight excluding hydrogens is 415 g/mol. The summed E-state index contributed by atoms with van der Waals surface area (Å²) in [6.07, 6.45) is -1.35. The van der Waals surface area contributed by atoms with Crippen LogP contribution in [0.4, 0.5) is 13.2 Å². The fraction of sp³-hybridized carbons (Fsp3) is 0.192. The summed E-state index contributed by atoms with van der Waals surface area (Å²) in [6.45, 7) is 3.38. The smallest absolute Gasteiger partial charge is 0.416 e. The molecule has 3 rings (SSSR count). The van der Waals surface area contributed by atoms with Crippen molar-refractivity contribution in [1.82, 2.24) is 5.32 Å². The molecule has 6 heteroatoms. The number of aliphatic carboxylic acids is 1. The lowest BCUT2D eigenvalue weighted by molar-refractivity contribution is -0.138. The van der Waals surface area contributed by atoms with Crippen molar-refractivity contribution >= 4 is 18.1 Å². The first-order chi connectivity index (χ1) is 15.2. The van der Waals surface area contributed by atoms with Crippen molar-refractivity contribution < 1.29 is 23.1 Å². The van der Waals surface area contributed by atoms with Gasteiger partial charge >= 0.3 is 12.1 Å². The van der Waals surface area contributed by atoms with Gasteiger partial charge in [0.25, 0.3) is 0 Å². The van der Waals surface area contributed by atoms with Gasteiger partial charge in [-0.3, -0.25) is 4.79 Å². The van der Waals surface area contributed by atoms with Crippen LogP contribution in [0, 0.1) is 6.92 Å². The number of benzene rings is 3. The Kier molecular flexibility index (Phi) is 7.15. The summed E-state index contributed by atoms with van der Waals surface area (Å²) in [5.41, 5.74) is 3.72. The third-order valence-electron chi connectivity index (χ3n) is 5.34. The van der Waals surface area contributed by atoms with Crippen molar-refractivity contribution in [2.75, 3.05) is 6.54 Å². The molecule has 0 radical (unpaired) electrons. The van der Waals surface area contributed by atoms with Gasteiger partial charge in [-0.15, -0.1) is 0 Å². The standard InChI is InChI=1S/C26H24F3NO2/c1-17-19(9-6-10-23(17)20-7-4-3-5-8-20)11-12-22-15-21(18(2)30-16-25(31)32)13-14-24(22)26(27,28)29/h3-15,18,30H,16H2,1-2H3,(H,31,32). The molecule has 1 unspecified atom stereocenters. The Bertz CT molecular complexity index is 1120. The van der Waals surface area contributed by atoms with Gasteiger partial charge < -0.3 is 10.4 Å². The maximum atomic E-state index is 13.6. The summed E-state index contributed by atoms with van der Waals surface area (Å²) in [6, 6.07) is 19.0. The Labute approximate surface area is 185 Å². The molecule has 0 aliphatic heterocycles. The zero-order chi connectivity index (χ0) is 23.3. The quantitative estimate of drug-likeness (QED) is 0.409. The molecule has 0 aliphatic carbocycles.